The van der Waals surface area contributed by atoms with E-state index in [1.165, 1.54) is 23.9 Å². The first-order valence-electron chi connectivity index (χ1n) is 8.72. The van der Waals surface area contributed by atoms with Crippen LogP contribution in [0.15, 0.2) is 59.5 Å². The molecule has 1 unspecified atom stereocenters. The lowest BCUT2D eigenvalue weighted by molar-refractivity contribution is -0.120. The number of halogens is 3. The standard InChI is InChI=1S/C20H18F3N3O2S2/c21-20(22,23)30-16-8-6-14(7-9-16)13-29-17(19(28)25-11-10-24)12-26-18(27)15-4-2-1-3-5-15/h1-9,17H,11-13H2,(H,25,28)(H,26,27). The molecule has 0 fully saturated rings. The molecule has 30 heavy (non-hydrogen) atoms. The van der Waals surface area contributed by atoms with Gasteiger partial charge in [-0.15, -0.1) is 11.8 Å². The van der Waals surface area contributed by atoms with Crippen molar-refractivity contribution in [2.45, 2.75) is 21.4 Å². The zero-order chi connectivity index (χ0) is 22.0. The van der Waals surface area contributed by atoms with Crippen LogP contribution in [-0.4, -0.2) is 35.7 Å². The number of hydrogen-bond donors (Lipinski definition) is 2. The number of amides is 2. The van der Waals surface area contributed by atoms with Crippen LogP contribution in [0.3, 0.4) is 0 Å². The maximum Gasteiger partial charge on any atom is 0.446 e. The molecule has 5 nitrogen and oxygen atoms in total. The topological polar surface area (TPSA) is 82.0 Å². The number of nitrogens with one attached hydrogen (secondary N) is 2. The van der Waals surface area contributed by atoms with Gasteiger partial charge in [0.1, 0.15) is 11.8 Å². The van der Waals surface area contributed by atoms with Gasteiger partial charge >= 0.3 is 5.51 Å². The maximum absolute atomic E-state index is 12.4. The van der Waals surface area contributed by atoms with Gasteiger partial charge in [-0.3, -0.25) is 9.59 Å². The normalized spacial score (nSPS) is 11.9. The van der Waals surface area contributed by atoms with E-state index in [0.29, 0.717) is 11.3 Å². The van der Waals surface area contributed by atoms with Crippen LogP contribution >= 0.6 is 23.5 Å². The molecule has 2 aromatic rings. The smallest absolute Gasteiger partial charge is 0.350 e. The van der Waals surface area contributed by atoms with E-state index in [-0.39, 0.29) is 35.7 Å². The second-order valence-corrected chi connectivity index (χ2v) is 8.27. The van der Waals surface area contributed by atoms with E-state index in [2.05, 4.69) is 10.6 Å². The first-order valence-corrected chi connectivity index (χ1v) is 10.6. The number of carbonyl (C=O) groups excluding carboxylic acids is 2. The molecule has 0 heterocycles. The molecule has 1 atom stereocenters. The summed E-state index contributed by atoms with van der Waals surface area (Å²) < 4.78 is 37.2. The maximum atomic E-state index is 12.4. The zero-order valence-corrected chi connectivity index (χ0v) is 17.2. The van der Waals surface area contributed by atoms with Crippen LogP contribution < -0.4 is 10.6 Å². The lowest BCUT2D eigenvalue weighted by Gasteiger charge is -2.17. The van der Waals surface area contributed by atoms with E-state index in [1.54, 1.807) is 42.5 Å². The molecule has 2 amide bonds. The number of nitriles is 1. The summed E-state index contributed by atoms with van der Waals surface area (Å²) >= 11 is 1.03. The molecule has 0 aliphatic rings. The minimum absolute atomic E-state index is 0.0394. The quantitative estimate of drug-likeness (QED) is 0.444. The number of benzene rings is 2. The third-order valence-corrected chi connectivity index (χ3v) is 5.75. The Morgan fingerprint density at radius 1 is 1.03 bits per heavy atom. The van der Waals surface area contributed by atoms with Crippen molar-refractivity contribution in [1.82, 2.24) is 10.6 Å². The average molecular weight is 454 g/mol. The zero-order valence-electron chi connectivity index (χ0n) is 15.6. The van der Waals surface area contributed by atoms with Crippen LogP contribution in [0.5, 0.6) is 0 Å². The minimum Gasteiger partial charge on any atom is -0.350 e. The summed E-state index contributed by atoms with van der Waals surface area (Å²) in [5.41, 5.74) is -3.16. The molecule has 2 rings (SSSR count). The third-order valence-electron chi connectivity index (χ3n) is 3.73. The Bertz CT molecular complexity index is 885. The lowest BCUT2D eigenvalue weighted by atomic mass is 10.2. The fourth-order valence-corrected chi connectivity index (χ4v) is 3.89. The van der Waals surface area contributed by atoms with Crippen molar-refractivity contribution in [3.8, 4) is 6.07 Å². The van der Waals surface area contributed by atoms with Gasteiger partial charge in [0, 0.05) is 22.8 Å². The summed E-state index contributed by atoms with van der Waals surface area (Å²) in [4.78, 5) is 24.6. The van der Waals surface area contributed by atoms with Crippen molar-refractivity contribution in [3.05, 3.63) is 65.7 Å². The first kappa shape index (κ1) is 23.6. The van der Waals surface area contributed by atoms with Crippen LogP contribution in [0, 0.1) is 11.3 Å². The van der Waals surface area contributed by atoms with Crippen LogP contribution in [0.2, 0.25) is 0 Å². The van der Waals surface area contributed by atoms with Crippen molar-refractivity contribution >= 4 is 35.3 Å². The predicted molar refractivity (Wildman–Crippen MR) is 111 cm³/mol. The van der Waals surface area contributed by atoms with E-state index >= 15 is 0 Å². The molecular formula is C20H18F3N3O2S2. The van der Waals surface area contributed by atoms with Crippen molar-refractivity contribution in [2.75, 3.05) is 13.1 Å². The molecule has 0 aliphatic heterocycles. The van der Waals surface area contributed by atoms with E-state index in [4.69, 9.17) is 5.26 Å². The van der Waals surface area contributed by atoms with Crippen LogP contribution in [0.4, 0.5) is 13.2 Å². The Labute approximate surface area is 180 Å². The number of carbonyl (C=O) groups is 2. The second-order valence-electron chi connectivity index (χ2n) is 5.94. The lowest BCUT2D eigenvalue weighted by Crippen LogP contribution is -2.41. The average Bonchev–Trinajstić information content (AvgIpc) is 2.72. The van der Waals surface area contributed by atoms with Crippen molar-refractivity contribution in [2.24, 2.45) is 0 Å². The number of alkyl halides is 3. The van der Waals surface area contributed by atoms with Gasteiger partial charge in [0.05, 0.1) is 6.07 Å². The Balaban J connectivity index is 1.96. The van der Waals surface area contributed by atoms with Gasteiger partial charge in [0.15, 0.2) is 0 Å². The Hall–Kier alpha value is -2.64. The third kappa shape index (κ3) is 8.39. The van der Waals surface area contributed by atoms with Gasteiger partial charge in [-0.2, -0.15) is 18.4 Å². The van der Waals surface area contributed by atoms with Gasteiger partial charge in [-0.1, -0.05) is 30.3 Å². The van der Waals surface area contributed by atoms with E-state index < -0.39 is 16.7 Å². The molecule has 0 aliphatic carbocycles. The molecular weight excluding hydrogens is 435 g/mol. The molecule has 0 spiro atoms. The van der Waals surface area contributed by atoms with E-state index in [9.17, 15) is 22.8 Å². The van der Waals surface area contributed by atoms with Gasteiger partial charge < -0.3 is 10.6 Å². The fraction of sp³-hybridized carbons (Fsp3) is 0.250. The van der Waals surface area contributed by atoms with Crippen LogP contribution in [-0.2, 0) is 10.5 Å². The van der Waals surface area contributed by atoms with Crippen molar-refractivity contribution < 1.29 is 22.8 Å². The number of nitrogens with zero attached hydrogens (tertiary/aromatic N) is 1. The Morgan fingerprint density at radius 2 is 1.70 bits per heavy atom. The summed E-state index contributed by atoms with van der Waals surface area (Å²) in [6.07, 6.45) is 0. The van der Waals surface area contributed by atoms with Crippen LogP contribution in [0.1, 0.15) is 15.9 Å². The molecule has 0 saturated heterocycles. The fourth-order valence-electron chi connectivity index (χ4n) is 2.33. The summed E-state index contributed by atoms with van der Waals surface area (Å²) in [6, 6.07) is 16.2. The molecule has 158 valence electrons. The number of thioether (sulfide) groups is 2. The highest BCUT2D eigenvalue weighted by Gasteiger charge is 2.29. The second kappa shape index (κ2) is 11.5. The van der Waals surface area contributed by atoms with Gasteiger partial charge in [0.2, 0.25) is 5.91 Å². The molecule has 0 aromatic heterocycles. The van der Waals surface area contributed by atoms with E-state index in [1.807, 2.05) is 6.07 Å². The predicted octanol–water partition coefficient (Wildman–Crippen LogP) is 3.97. The molecule has 0 radical (unpaired) electrons. The summed E-state index contributed by atoms with van der Waals surface area (Å²) in [5.74, 6) is -0.384. The summed E-state index contributed by atoms with van der Waals surface area (Å²) in [7, 11) is 0. The molecule has 10 heteroatoms. The molecule has 2 N–H and O–H groups in total. The summed E-state index contributed by atoms with van der Waals surface area (Å²) in [6.45, 7) is -0.121. The van der Waals surface area contributed by atoms with Gasteiger partial charge in [0.25, 0.3) is 5.91 Å². The highest BCUT2D eigenvalue weighted by atomic mass is 32.2. The highest BCUT2D eigenvalue weighted by Crippen LogP contribution is 2.36. The number of rotatable bonds is 9. The van der Waals surface area contributed by atoms with Gasteiger partial charge in [-0.25, -0.2) is 0 Å². The monoisotopic (exact) mass is 453 g/mol. The van der Waals surface area contributed by atoms with E-state index in [0.717, 1.165) is 5.56 Å². The number of hydrogen-bond acceptors (Lipinski definition) is 5. The van der Waals surface area contributed by atoms with Gasteiger partial charge in [-0.05, 0) is 41.6 Å². The SMILES string of the molecule is N#CCNC(=O)C(CNC(=O)c1ccccc1)SCc1ccc(SC(F)(F)F)cc1. The Kier molecular flexibility index (Phi) is 9.08. The van der Waals surface area contributed by atoms with Crippen molar-refractivity contribution in [1.29, 1.82) is 5.26 Å². The van der Waals surface area contributed by atoms with Crippen LogP contribution in [0.25, 0.3) is 0 Å². The largest absolute Gasteiger partial charge is 0.446 e. The first-order chi connectivity index (χ1) is 14.3. The minimum atomic E-state index is -4.35. The summed E-state index contributed by atoms with van der Waals surface area (Å²) in [5, 5.41) is 13.1. The molecule has 0 saturated carbocycles. The highest BCUT2D eigenvalue weighted by molar-refractivity contribution is 8.00. The molecule has 0 bridgehead atoms. The molecule has 2 aromatic carbocycles. The van der Waals surface area contributed by atoms with Crippen molar-refractivity contribution in [3.63, 3.8) is 0 Å². The Morgan fingerprint density at radius 3 is 2.30 bits per heavy atom.